The lowest BCUT2D eigenvalue weighted by Crippen LogP contribution is -2.06. The van der Waals surface area contributed by atoms with Gasteiger partial charge >= 0.3 is 0 Å². The zero-order valence-electron chi connectivity index (χ0n) is 9.86. The molecule has 0 aliphatic heterocycles. The average molecular weight is 249 g/mol. The standard InChI is InChI=1S/C14H13F2NO/c1-9(17)13-4-2-3-5-14(13)18-12-7-10(15)6-11(16)8-12/h2-9H,17H2,1H3. The molecule has 0 saturated heterocycles. The van der Waals surface area contributed by atoms with Crippen LogP contribution in [-0.4, -0.2) is 0 Å². The largest absolute Gasteiger partial charge is 0.457 e. The summed E-state index contributed by atoms with van der Waals surface area (Å²) < 4.78 is 31.6. The molecule has 18 heavy (non-hydrogen) atoms. The van der Waals surface area contributed by atoms with Crippen molar-refractivity contribution in [2.75, 3.05) is 0 Å². The number of para-hydroxylation sites is 1. The minimum atomic E-state index is -0.678. The molecule has 0 aromatic heterocycles. The molecule has 2 aromatic carbocycles. The Morgan fingerprint density at radius 3 is 2.28 bits per heavy atom. The van der Waals surface area contributed by atoms with Crippen molar-refractivity contribution in [2.45, 2.75) is 13.0 Å². The average Bonchev–Trinajstić information content (AvgIpc) is 2.27. The van der Waals surface area contributed by atoms with Gasteiger partial charge < -0.3 is 10.5 Å². The highest BCUT2D eigenvalue weighted by Crippen LogP contribution is 2.29. The van der Waals surface area contributed by atoms with Crippen molar-refractivity contribution in [3.05, 3.63) is 59.7 Å². The highest BCUT2D eigenvalue weighted by atomic mass is 19.1. The third-order valence-electron chi connectivity index (χ3n) is 2.47. The molecule has 0 bridgehead atoms. The van der Waals surface area contributed by atoms with Crippen LogP contribution in [0.4, 0.5) is 8.78 Å². The third kappa shape index (κ3) is 2.84. The number of benzene rings is 2. The van der Waals surface area contributed by atoms with E-state index < -0.39 is 11.6 Å². The van der Waals surface area contributed by atoms with Crippen molar-refractivity contribution >= 4 is 0 Å². The molecular weight excluding hydrogens is 236 g/mol. The van der Waals surface area contributed by atoms with Gasteiger partial charge in [0, 0.05) is 29.8 Å². The van der Waals surface area contributed by atoms with Crippen LogP contribution in [0.5, 0.6) is 11.5 Å². The van der Waals surface area contributed by atoms with Gasteiger partial charge in [-0.25, -0.2) is 8.78 Å². The van der Waals surface area contributed by atoms with Gasteiger partial charge in [0.15, 0.2) is 0 Å². The summed E-state index contributed by atoms with van der Waals surface area (Å²) in [5, 5.41) is 0. The Morgan fingerprint density at radius 2 is 1.67 bits per heavy atom. The molecule has 0 heterocycles. The topological polar surface area (TPSA) is 35.2 Å². The number of rotatable bonds is 3. The van der Waals surface area contributed by atoms with Crippen LogP contribution in [0.25, 0.3) is 0 Å². The van der Waals surface area contributed by atoms with Gasteiger partial charge in [0.2, 0.25) is 0 Å². The summed E-state index contributed by atoms with van der Waals surface area (Å²) in [5.74, 6) is -0.746. The first kappa shape index (κ1) is 12.5. The van der Waals surface area contributed by atoms with Crippen LogP contribution < -0.4 is 10.5 Å². The summed E-state index contributed by atoms with van der Waals surface area (Å²) in [6.07, 6.45) is 0. The molecule has 2 N–H and O–H groups in total. The summed E-state index contributed by atoms with van der Waals surface area (Å²) in [6.45, 7) is 1.81. The lowest BCUT2D eigenvalue weighted by Gasteiger charge is -2.13. The SMILES string of the molecule is CC(N)c1ccccc1Oc1cc(F)cc(F)c1. The Morgan fingerprint density at radius 1 is 1.06 bits per heavy atom. The van der Waals surface area contributed by atoms with Crippen LogP contribution in [0.3, 0.4) is 0 Å². The molecule has 0 amide bonds. The molecule has 0 radical (unpaired) electrons. The second-order valence-corrected chi connectivity index (χ2v) is 4.03. The number of halogens is 2. The predicted octanol–water partition coefficient (Wildman–Crippen LogP) is 3.78. The number of hydrogen-bond acceptors (Lipinski definition) is 2. The normalized spacial score (nSPS) is 12.2. The molecule has 0 aliphatic carbocycles. The van der Waals surface area contributed by atoms with Crippen LogP contribution in [0.1, 0.15) is 18.5 Å². The Bertz CT molecular complexity index is 535. The highest BCUT2D eigenvalue weighted by molar-refractivity contribution is 5.39. The molecule has 0 fully saturated rings. The van der Waals surface area contributed by atoms with E-state index in [1.807, 2.05) is 19.1 Å². The molecule has 94 valence electrons. The Hall–Kier alpha value is -1.94. The van der Waals surface area contributed by atoms with Crippen LogP contribution in [0, 0.1) is 11.6 Å². The lowest BCUT2D eigenvalue weighted by molar-refractivity contribution is 0.459. The second-order valence-electron chi connectivity index (χ2n) is 4.03. The van der Waals surface area contributed by atoms with Crippen molar-refractivity contribution in [2.24, 2.45) is 5.73 Å². The van der Waals surface area contributed by atoms with Crippen molar-refractivity contribution < 1.29 is 13.5 Å². The summed E-state index contributed by atoms with van der Waals surface area (Å²) >= 11 is 0. The van der Waals surface area contributed by atoms with E-state index in [4.69, 9.17) is 10.5 Å². The van der Waals surface area contributed by atoms with Gasteiger partial charge in [0.1, 0.15) is 23.1 Å². The van der Waals surface area contributed by atoms with Crippen LogP contribution in [0.2, 0.25) is 0 Å². The van der Waals surface area contributed by atoms with Gasteiger partial charge in [-0.05, 0) is 13.0 Å². The molecule has 4 heteroatoms. The van der Waals surface area contributed by atoms with E-state index in [0.717, 1.165) is 23.8 Å². The fourth-order valence-electron chi connectivity index (χ4n) is 1.66. The summed E-state index contributed by atoms with van der Waals surface area (Å²) in [7, 11) is 0. The minimum Gasteiger partial charge on any atom is -0.457 e. The van der Waals surface area contributed by atoms with Gasteiger partial charge in [0.05, 0.1) is 0 Å². The molecule has 1 atom stereocenters. The smallest absolute Gasteiger partial charge is 0.133 e. The van der Waals surface area contributed by atoms with Gasteiger partial charge in [-0.3, -0.25) is 0 Å². The molecule has 0 aliphatic rings. The molecule has 1 unspecified atom stereocenters. The van der Waals surface area contributed by atoms with Crippen molar-refractivity contribution in [3.8, 4) is 11.5 Å². The molecule has 0 saturated carbocycles. The van der Waals surface area contributed by atoms with E-state index >= 15 is 0 Å². The highest BCUT2D eigenvalue weighted by Gasteiger charge is 2.09. The van der Waals surface area contributed by atoms with Crippen molar-refractivity contribution in [1.29, 1.82) is 0 Å². The van der Waals surface area contributed by atoms with E-state index in [2.05, 4.69) is 0 Å². The van der Waals surface area contributed by atoms with Crippen LogP contribution in [-0.2, 0) is 0 Å². The number of hydrogen-bond donors (Lipinski definition) is 1. The van der Waals surface area contributed by atoms with E-state index in [0.29, 0.717) is 5.75 Å². The van der Waals surface area contributed by atoms with Crippen LogP contribution in [0.15, 0.2) is 42.5 Å². The van der Waals surface area contributed by atoms with Crippen LogP contribution >= 0.6 is 0 Å². The van der Waals surface area contributed by atoms with Gasteiger partial charge in [0.25, 0.3) is 0 Å². The summed E-state index contributed by atoms with van der Waals surface area (Å²) in [6, 6.07) is 9.96. The Labute approximate surface area is 104 Å². The number of nitrogens with two attached hydrogens (primary N) is 1. The maximum Gasteiger partial charge on any atom is 0.133 e. The van der Waals surface area contributed by atoms with Crippen molar-refractivity contribution in [1.82, 2.24) is 0 Å². The Balaban J connectivity index is 2.34. The molecular formula is C14H13F2NO. The summed E-state index contributed by atoms with van der Waals surface area (Å²) in [5.41, 5.74) is 6.58. The van der Waals surface area contributed by atoms with Gasteiger partial charge in [-0.2, -0.15) is 0 Å². The third-order valence-corrected chi connectivity index (χ3v) is 2.47. The van der Waals surface area contributed by atoms with Gasteiger partial charge in [-0.1, -0.05) is 18.2 Å². The molecule has 2 aromatic rings. The van der Waals surface area contributed by atoms with E-state index in [1.54, 1.807) is 12.1 Å². The maximum atomic E-state index is 13.0. The zero-order chi connectivity index (χ0) is 13.1. The quantitative estimate of drug-likeness (QED) is 0.898. The van der Waals surface area contributed by atoms with E-state index in [9.17, 15) is 8.78 Å². The van der Waals surface area contributed by atoms with E-state index in [-0.39, 0.29) is 11.8 Å². The monoisotopic (exact) mass is 249 g/mol. The molecule has 2 nitrogen and oxygen atoms in total. The first-order valence-corrected chi connectivity index (χ1v) is 5.54. The van der Waals surface area contributed by atoms with E-state index in [1.165, 1.54) is 0 Å². The minimum absolute atomic E-state index is 0.112. The molecule has 0 spiro atoms. The van der Waals surface area contributed by atoms with Gasteiger partial charge in [-0.15, -0.1) is 0 Å². The lowest BCUT2D eigenvalue weighted by atomic mass is 10.1. The molecule has 2 rings (SSSR count). The predicted molar refractivity (Wildman–Crippen MR) is 65.5 cm³/mol. The number of ether oxygens (including phenoxy) is 1. The Kier molecular flexibility index (Phi) is 3.58. The maximum absolute atomic E-state index is 13.0. The first-order valence-electron chi connectivity index (χ1n) is 5.54. The van der Waals surface area contributed by atoms with Crippen molar-refractivity contribution in [3.63, 3.8) is 0 Å². The fourth-order valence-corrected chi connectivity index (χ4v) is 1.66. The summed E-state index contributed by atoms with van der Waals surface area (Å²) in [4.78, 5) is 0. The second kappa shape index (κ2) is 5.14. The first-order chi connectivity index (χ1) is 8.56. The fraction of sp³-hybridized carbons (Fsp3) is 0.143. The zero-order valence-corrected chi connectivity index (χ0v) is 9.86.